The van der Waals surface area contributed by atoms with E-state index in [0.717, 1.165) is 52.0 Å². The zero-order valence-electron chi connectivity index (χ0n) is 11.1. The summed E-state index contributed by atoms with van der Waals surface area (Å²) >= 11 is 1.76. The molecule has 0 bridgehead atoms. The quantitative estimate of drug-likeness (QED) is 0.800. The third-order valence-corrected chi connectivity index (χ3v) is 4.37. The van der Waals surface area contributed by atoms with Gasteiger partial charge >= 0.3 is 0 Å². The van der Waals surface area contributed by atoms with Crippen LogP contribution in [0.1, 0.15) is 29.8 Å². The molecule has 102 valence electrons. The standard InChI is InChI=1S/C13H23N3OS/c1-11-13(18-10-15-11)9-16-6-3-12(4-7-16)17-8-2-5-14/h10,12H,2-9,14H2,1H3. The van der Waals surface area contributed by atoms with Crippen LogP contribution in [0.3, 0.4) is 0 Å². The molecule has 0 amide bonds. The number of aryl methyl sites for hydroxylation is 1. The lowest BCUT2D eigenvalue weighted by molar-refractivity contribution is 0.00578. The average Bonchev–Trinajstić information content (AvgIpc) is 2.78. The summed E-state index contributed by atoms with van der Waals surface area (Å²) in [5, 5.41) is 0. The van der Waals surface area contributed by atoms with E-state index in [1.807, 2.05) is 5.51 Å². The predicted molar refractivity (Wildman–Crippen MR) is 74.8 cm³/mol. The maximum absolute atomic E-state index is 5.81. The van der Waals surface area contributed by atoms with Gasteiger partial charge in [-0.15, -0.1) is 11.3 Å². The number of ether oxygens (including phenoxy) is 1. The van der Waals surface area contributed by atoms with Crippen molar-refractivity contribution in [3.8, 4) is 0 Å². The average molecular weight is 269 g/mol. The highest BCUT2D eigenvalue weighted by Crippen LogP contribution is 2.19. The van der Waals surface area contributed by atoms with Crippen LogP contribution in [-0.4, -0.2) is 42.2 Å². The summed E-state index contributed by atoms with van der Waals surface area (Å²) in [6, 6.07) is 0. The Hall–Kier alpha value is -0.490. The fraction of sp³-hybridized carbons (Fsp3) is 0.769. The van der Waals surface area contributed by atoms with Crippen molar-refractivity contribution in [1.82, 2.24) is 9.88 Å². The summed E-state index contributed by atoms with van der Waals surface area (Å²) in [6.45, 7) is 6.94. The van der Waals surface area contributed by atoms with Gasteiger partial charge in [0.2, 0.25) is 0 Å². The fourth-order valence-corrected chi connectivity index (χ4v) is 3.07. The molecule has 5 heteroatoms. The zero-order chi connectivity index (χ0) is 12.8. The highest BCUT2D eigenvalue weighted by atomic mass is 32.1. The lowest BCUT2D eigenvalue weighted by Crippen LogP contribution is -2.36. The van der Waals surface area contributed by atoms with E-state index in [4.69, 9.17) is 10.5 Å². The first kappa shape index (κ1) is 13.9. The molecule has 0 radical (unpaired) electrons. The van der Waals surface area contributed by atoms with Gasteiger partial charge in [0.25, 0.3) is 0 Å². The number of nitrogens with zero attached hydrogens (tertiary/aromatic N) is 2. The summed E-state index contributed by atoms with van der Waals surface area (Å²) in [5.41, 5.74) is 8.58. The molecule has 2 rings (SSSR count). The monoisotopic (exact) mass is 269 g/mol. The first-order valence-corrected chi connectivity index (χ1v) is 7.60. The Balaban J connectivity index is 1.69. The minimum absolute atomic E-state index is 0.440. The Morgan fingerprint density at radius 1 is 1.50 bits per heavy atom. The van der Waals surface area contributed by atoms with Crippen molar-refractivity contribution in [2.24, 2.45) is 5.73 Å². The SMILES string of the molecule is Cc1ncsc1CN1CCC(OCCCN)CC1. The molecule has 0 aromatic carbocycles. The second kappa shape index (κ2) is 7.19. The first-order chi connectivity index (χ1) is 8.79. The molecule has 0 aliphatic carbocycles. The van der Waals surface area contributed by atoms with Crippen LogP contribution in [0.5, 0.6) is 0 Å². The highest BCUT2D eigenvalue weighted by Gasteiger charge is 2.20. The van der Waals surface area contributed by atoms with Crippen LogP contribution in [0, 0.1) is 6.92 Å². The maximum Gasteiger partial charge on any atom is 0.0798 e. The van der Waals surface area contributed by atoms with Crippen molar-refractivity contribution >= 4 is 11.3 Å². The number of thiazole rings is 1. The minimum atomic E-state index is 0.440. The number of likely N-dealkylation sites (tertiary alicyclic amines) is 1. The lowest BCUT2D eigenvalue weighted by atomic mass is 10.1. The summed E-state index contributed by atoms with van der Waals surface area (Å²) in [4.78, 5) is 8.21. The van der Waals surface area contributed by atoms with E-state index in [0.29, 0.717) is 6.10 Å². The largest absolute Gasteiger partial charge is 0.378 e. The Morgan fingerprint density at radius 3 is 2.89 bits per heavy atom. The van der Waals surface area contributed by atoms with Crippen molar-refractivity contribution in [2.75, 3.05) is 26.2 Å². The van der Waals surface area contributed by atoms with Crippen LogP contribution in [0.4, 0.5) is 0 Å². The van der Waals surface area contributed by atoms with Gasteiger partial charge in [0.15, 0.2) is 0 Å². The molecule has 1 aromatic heterocycles. The Bertz CT molecular complexity index is 348. The van der Waals surface area contributed by atoms with Crippen LogP contribution in [0.15, 0.2) is 5.51 Å². The van der Waals surface area contributed by atoms with Crippen molar-refractivity contribution < 1.29 is 4.74 Å². The molecule has 2 N–H and O–H groups in total. The van der Waals surface area contributed by atoms with E-state index in [9.17, 15) is 0 Å². The number of piperidine rings is 1. The van der Waals surface area contributed by atoms with Crippen LogP contribution in [-0.2, 0) is 11.3 Å². The minimum Gasteiger partial charge on any atom is -0.378 e. The van der Waals surface area contributed by atoms with Gasteiger partial charge in [-0.2, -0.15) is 0 Å². The molecule has 18 heavy (non-hydrogen) atoms. The van der Waals surface area contributed by atoms with Gasteiger partial charge in [-0.25, -0.2) is 4.98 Å². The van der Waals surface area contributed by atoms with Crippen LogP contribution in [0.2, 0.25) is 0 Å². The summed E-state index contributed by atoms with van der Waals surface area (Å²) in [6.07, 6.45) is 3.70. The number of rotatable bonds is 6. The number of hydrogen-bond donors (Lipinski definition) is 1. The molecule has 1 saturated heterocycles. The third kappa shape index (κ3) is 4.02. The molecule has 1 aromatic rings. The van der Waals surface area contributed by atoms with Crippen LogP contribution in [0.25, 0.3) is 0 Å². The second-order valence-corrected chi connectivity index (χ2v) is 5.79. The van der Waals surface area contributed by atoms with Gasteiger partial charge in [0, 0.05) is 31.1 Å². The summed E-state index contributed by atoms with van der Waals surface area (Å²) in [5.74, 6) is 0. The van der Waals surface area contributed by atoms with Crippen LogP contribution >= 0.6 is 11.3 Å². The Labute approximate surface area is 113 Å². The second-order valence-electron chi connectivity index (χ2n) is 4.85. The number of aromatic nitrogens is 1. The molecule has 4 nitrogen and oxygen atoms in total. The van der Waals surface area contributed by atoms with Gasteiger partial charge in [-0.1, -0.05) is 0 Å². The molecule has 2 heterocycles. The van der Waals surface area contributed by atoms with Gasteiger partial charge < -0.3 is 10.5 Å². The third-order valence-electron chi connectivity index (χ3n) is 3.45. The normalized spacial score (nSPS) is 18.3. The van der Waals surface area contributed by atoms with Gasteiger partial charge in [0.1, 0.15) is 0 Å². The van der Waals surface area contributed by atoms with Crippen molar-refractivity contribution in [3.63, 3.8) is 0 Å². The van der Waals surface area contributed by atoms with Crippen LogP contribution < -0.4 is 5.73 Å². The van der Waals surface area contributed by atoms with Crippen molar-refractivity contribution in [1.29, 1.82) is 0 Å². The van der Waals surface area contributed by atoms with Gasteiger partial charge in [-0.3, -0.25) is 4.90 Å². The van der Waals surface area contributed by atoms with E-state index >= 15 is 0 Å². The maximum atomic E-state index is 5.81. The molecule has 0 spiro atoms. The fourth-order valence-electron chi connectivity index (χ4n) is 2.25. The van der Waals surface area contributed by atoms with Gasteiger partial charge in [-0.05, 0) is 32.7 Å². The topological polar surface area (TPSA) is 51.4 Å². The van der Waals surface area contributed by atoms with E-state index < -0.39 is 0 Å². The lowest BCUT2D eigenvalue weighted by Gasteiger charge is -2.31. The van der Waals surface area contributed by atoms with Crippen molar-refractivity contribution in [3.05, 3.63) is 16.1 Å². The Morgan fingerprint density at radius 2 is 2.28 bits per heavy atom. The molecule has 0 saturated carbocycles. The number of nitrogens with two attached hydrogens (primary N) is 1. The molecule has 1 aliphatic rings. The molecular formula is C13H23N3OS. The number of hydrogen-bond acceptors (Lipinski definition) is 5. The molecule has 1 aliphatic heterocycles. The predicted octanol–water partition coefficient (Wildman–Crippen LogP) is 1.78. The summed E-state index contributed by atoms with van der Waals surface area (Å²) < 4.78 is 5.81. The molecule has 1 fully saturated rings. The van der Waals surface area contributed by atoms with E-state index in [-0.39, 0.29) is 0 Å². The molecular weight excluding hydrogens is 246 g/mol. The Kier molecular flexibility index (Phi) is 5.56. The van der Waals surface area contributed by atoms with E-state index in [2.05, 4.69) is 16.8 Å². The van der Waals surface area contributed by atoms with E-state index in [1.165, 1.54) is 10.6 Å². The van der Waals surface area contributed by atoms with Crippen molar-refractivity contribution in [2.45, 2.75) is 38.8 Å². The molecule has 0 unspecified atom stereocenters. The van der Waals surface area contributed by atoms with Gasteiger partial charge in [0.05, 0.1) is 17.3 Å². The highest BCUT2D eigenvalue weighted by molar-refractivity contribution is 7.09. The molecule has 0 atom stereocenters. The smallest absolute Gasteiger partial charge is 0.0798 e. The van der Waals surface area contributed by atoms with E-state index in [1.54, 1.807) is 11.3 Å². The summed E-state index contributed by atoms with van der Waals surface area (Å²) in [7, 11) is 0. The first-order valence-electron chi connectivity index (χ1n) is 6.72. The zero-order valence-corrected chi connectivity index (χ0v) is 11.9.